The molecule has 0 spiro atoms. The van der Waals surface area contributed by atoms with Crippen molar-refractivity contribution in [3.8, 4) is 0 Å². The minimum atomic E-state index is -0.764. The van der Waals surface area contributed by atoms with E-state index in [0.29, 0.717) is 19.3 Å². The smallest absolute Gasteiger partial charge is 0.306 e. The zero-order chi connectivity index (χ0) is 41.5. The molecule has 0 aromatic rings. The van der Waals surface area contributed by atoms with E-state index in [0.717, 1.165) is 70.6 Å². The molecule has 1 atom stereocenters. The van der Waals surface area contributed by atoms with Crippen LogP contribution in [0.25, 0.3) is 0 Å². The van der Waals surface area contributed by atoms with Crippen molar-refractivity contribution in [1.29, 1.82) is 0 Å². The van der Waals surface area contributed by atoms with Crippen molar-refractivity contribution >= 4 is 17.9 Å². The standard InChI is InChI=1S/C51H94O6/c1-4-7-10-13-15-17-19-21-22-23-24-25-26-27-28-30-31-33-35-38-41-44-50(53)56-47-48(46-55-49(52)43-40-37-12-9-6-3)57-51(54)45-42-39-36-34-32-29-20-18-16-14-11-8-5-2/h19,21,23-24,48H,4-18,20,22,25-47H2,1-3H3/b21-19-,24-23-. The van der Waals surface area contributed by atoms with Crippen LogP contribution in [0.15, 0.2) is 24.3 Å². The SMILES string of the molecule is CCCCCCC/C=C\C/C=C\CCCCCCCCCCCC(=O)OCC(COC(=O)CCCCCCC)OC(=O)CCCCCCCCCCCCCCC. The first-order valence-corrected chi connectivity index (χ1v) is 24.8. The van der Waals surface area contributed by atoms with Gasteiger partial charge in [0.2, 0.25) is 0 Å². The van der Waals surface area contributed by atoms with E-state index >= 15 is 0 Å². The topological polar surface area (TPSA) is 78.9 Å². The van der Waals surface area contributed by atoms with Gasteiger partial charge in [0.15, 0.2) is 6.10 Å². The molecule has 0 bridgehead atoms. The summed E-state index contributed by atoms with van der Waals surface area (Å²) in [6, 6.07) is 0. The predicted molar refractivity (Wildman–Crippen MR) is 243 cm³/mol. The fourth-order valence-electron chi connectivity index (χ4n) is 7.18. The second kappa shape index (κ2) is 46.6. The molecule has 0 aromatic heterocycles. The van der Waals surface area contributed by atoms with Gasteiger partial charge in [0, 0.05) is 19.3 Å². The Morgan fingerprint density at radius 1 is 0.351 bits per heavy atom. The van der Waals surface area contributed by atoms with Crippen LogP contribution >= 0.6 is 0 Å². The molecule has 0 N–H and O–H groups in total. The van der Waals surface area contributed by atoms with Gasteiger partial charge >= 0.3 is 17.9 Å². The maximum atomic E-state index is 12.7. The van der Waals surface area contributed by atoms with Crippen molar-refractivity contribution in [2.75, 3.05) is 13.2 Å². The van der Waals surface area contributed by atoms with Crippen LogP contribution in [0.5, 0.6) is 0 Å². The first kappa shape index (κ1) is 54.9. The van der Waals surface area contributed by atoms with Crippen molar-refractivity contribution in [3.63, 3.8) is 0 Å². The normalized spacial score (nSPS) is 12.1. The van der Waals surface area contributed by atoms with Crippen molar-refractivity contribution in [2.24, 2.45) is 0 Å². The van der Waals surface area contributed by atoms with Crippen LogP contribution in [0.2, 0.25) is 0 Å². The number of hydrogen-bond donors (Lipinski definition) is 0. The molecule has 0 amide bonds. The van der Waals surface area contributed by atoms with Gasteiger partial charge in [-0.3, -0.25) is 14.4 Å². The van der Waals surface area contributed by atoms with E-state index in [4.69, 9.17) is 14.2 Å². The Kier molecular flexibility index (Phi) is 44.9. The van der Waals surface area contributed by atoms with Crippen molar-refractivity contribution in [1.82, 2.24) is 0 Å². The van der Waals surface area contributed by atoms with Gasteiger partial charge in [-0.1, -0.05) is 218 Å². The molecule has 0 saturated heterocycles. The zero-order valence-electron chi connectivity index (χ0n) is 38.1. The molecule has 334 valence electrons. The molecule has 57 heavy (non-hydrogen) atoms. The van der Waals surface area contributed by atoms with Crippen LogP contribution in [0.1, 0.15) is 265 Å². The molecular weight excluding hydrogens is 709 g/mol. The third-order valence-electron chi connectivity index (χ3n) is 11.0. The highest BCUT2D eigenvalue weighted by molar-refractivity contribution is 5.71. The van der Waals surface area contributed by atoms with Crippen LogP contribution in [-0.2, 0) is 28.6 Å². The fourth-order valence-corrected chi connectivity index (χ4v) is 7.18. The van der Waals surface area contributed by atoms with Crippen molar-refractivity contribution < 1.29 is 28.6 Å². The monoisotopic (exact) mass is 803 g/mol. The quantitative estimate of drug-likeness (QED) is 0.0264. The number of allylic oxidation sites excluding steroid dienone is 4. The van der Waals surface area contributed by atoms with E-state index in [1.165, 1.54) is 154 Å². The lowest BCUT2D eigenvalue weighted by Crippen LogP contribution is -2.30. The zero-order valence-corrected chi connectivity index (χ0v) is 38.1. The third-order valence-corrected chi connectivity index (χ3v) is 11.0. The number of carbonyl (C=O) groups is 3. The molecular formula is C51H94O6. The molecule has 0 saturated carbocycles. The molecule has 6 heteroatoms. The Morgan fingerprint density at radius 3 is 0.965 bits per heavy atom. The first-order chi connectivity index (χ1) is 28.0. The summed E-state index contributed by atoms with van der Waals surface area (Å²) < 4.78 is 16.6. The minimum Gasteiger partial charge on any atom is -0.462 e. The summed E-state index contributed by atoms with van der Waals surface area (Å²) in [6.45, 7) is 6.56. The first-order valence-electron chi connectivity index (χ1n) is 24.8. The van der Waals surface area contributed by atoms with Crippen molar-refractivity contribution in [2.45, 2.75) is 271 Å². The van der Waals surface area contributed by atoms with E-state index < -0.39 is 6.10 Å². The molecule has 0 aliphatic heterocycles. The Balaban J connectivity index is 4.12. The van der Waals surface area contributed by atoms with Crippen LogP contribution in [0.4, 0.5) is 0 Å². The molecule has 0 heterocycles. The largest absolute Gasteiger partial charge is 0.462 e. The number of rotatable bonds is 45. The average Bonchev–Trinajstić information content (AvgIpc) is 3.21. The summed E-state index contributed by atoms with van der Waals surface area (Å²) in [4.78, 5) is 37.6. The van der Waals surface area contributed by atoms with E-state index in [-0.39, 0.29) is 31.1 Å². The molecule has 0 aliphatic rings. The summed E-state index contributed by atoms with van der Waals surface area (Å²) in [5.41, 5.74) is 0. The number of unbranched alkanes of at least 4 members (excludes halogenated alkanes) is 30. The number of carbonyl (C=O) groups excluding carboxylic acids is 3. The summed E-state index contributed by atoms with van der Waals surface area (Å²) in [7, 11) is 0. The lowest BCUT2D eigenvalue weighted by Gasteiger charge is -2.18. The predicted octanol–water partition coefficient (Wildman–Crippen LogP) is 16.0. The van der Waals surface area contributed by atoms with E-state index in [1.54, 1.807) is 0 Å². The molecule has 0 aliphatic carbocycles. The van der Waals surface area contributed by atoms with Gasteiger partial charge in [-0.2, -0.15) is 0 Å². The van der Waals surface area contributed by atoms with Gasteiger partial charge in [0.25, 0.3) is 0 Å². The molecule has 0 radical (unpaired) electrons. The van der Waals surface area contributed by atoms with Gasteiger partial charge in [-0.15, -0.1) is 0 Å². The molecule has 6 nitrogen and oxygen atoms in total. The summed E-state index contributed by atoms with van der Waals surface area (Å²) in [6.07, 6.45) is 52.0. The molecule has 0 aromatic carbocycles. The number of hydrogen-bond acceptors (Lipinski definition) is 6. The highest BCUT2D eigenvalue weighted by Gasteiger charge is 2.19. The second-order valence-electron chi connectivity index (χ2n) is 16.7. The average molecular weight is 803 g/mol. The van der Waals surface area contributed by atoms with Crippen LogP contribution in [0.3, 0.4) is 0 Å². The second-order valence-corrected chi connectivity index (χ2v) is 16.7. The summed E-state index contributed by atoms with van der Waals surface area (Å²) in [5.74, 6) is -0.879. The minimum absolute atomic E-state index is 0.0704. The van der Waals surface area contributed by atoms with Gasteiger partial charge in [0.05, 0.1) is 0 Å². The van der Waals surface area contributed by atoms with Gasteiger partial charge in [0.1, 0.15) is 13.2 Å². The third kappa shape index (κ3) is 44.8. The summed E-state index contributed by atoms with van der Waals surface area (Å²) >= 11 is 0. The van der Waals surface area contributed by atoms with Crippen LogP contribution in [0, 0.1) is 0 Å². The number of ether oxygens (including phenoxy) is 3. The Bertz CT molecular complexity index is 927. The van der Waals surface area contributed by atoms with Crippen LogP contribution < -0.4 is 0 Å². The lowest BCUT2D eigenvalue weighted by molar-refractivity contribution is -0.167. The van der Waals surface area contributed by atoms with Gasteiger partial charge in [-0.05, 0) is 51.4 Å². The van der Waals surface area contributed by atoms with Crippen LogP contribution in [-0.4, -0.2) is 37.2 Å². The van der Waals surface area contributed by atoms with E-state index in [2.05, 4.69) is 45.1 Å². The Labute approximate surface area is 353 Å². The highest BCUT2D eigenvalue weighted by Crippen LogP contribution is 2.15. The highest BCUT2D eigenvalue weighted by atomic mass is 16.6. The summed E-state index contributed by atoms with van der Waals surface area (Å²) in [5, 5.41) is 0. The molecule has 0 rings (SSSR count). The molecule has 1 unspecified atom stereocenters. The Morgan fingerprint density at radius 2 is 0.632 bits per heavy atom. The maximum absolute atomic E-state index is 12.7. The van der Waals surface area contributed by atoms with Gasteiger partial charge < -0.3 is 14.2 Å². The van der Waals surface area contributed by atoms with E-state index in [1.807, 2.05) is 0 Å². The maximum Gasteiger partial charge on any atom is 0.306 e. The Hall–Kier alpha value is -2.11. The number of esters is 3. The van der Waals surface area contributed by atoms with Gasteiger partial charge in [-0.25, -0.2) is 0 Å². The molecule has 0 fully saturated rings. The van der Waals surface area contributed by atoms with E-state index in [9.17, 15) is 14.4 Å². The van der Waals surface area contributed by atoms with Crippen molar-refractivity contribution in [3.05, 3.63) is 24.3 Å². The lowest BCUT2D eigenvalue weighted by atomic mass is 10.0. The fraction of sp³-hybridized carbons (Fsp3) is 0.863.